The first kappa shape index (κ1) is 21.4. The highest BCUT2D eigenvalue weighted by molar-refractivity contribution is 5.84. The third-order valence-electron chi connectivity index (χ3n) is 6.89. The van der Waals surface area contributed by atoms with Crippen LogP contribution in [0.5, 0.6) is 5.75 Å². The van der Waals surface area contributed by atoms with Crippen molar-refractivity contribution in [1.82, 2.24) is 19.9 Å². The lowest BCUT2D eigenvalue weighted by Crippen LogP contribution is -2.43. The van der Waals surface area contributed by atoms with Crippen LogP contribution in [-0.2, 0) is 4.74 Å². The molecule has 2 fully saturated rings. The van der Waals surface area contributed by atoms with E-state index >= 15 is 0 Å². The van der Waals surface area contributed by atoms with E-state index < -0.39 is 0 Å². The minimum absolute atomic E-state index is 0.520. The molecule has 0 amide bonds. The Kier molecular flexibility index (Phi) is 5.81. The SMILES string of the molecule is COCCOc1ccc2c(c1)ncn2-c1ccc2cc(N3CCC(NC4CC4)CC3)ccc2n1. The van der Waals surface area contributed by atoms with Gasteiger partial charge in [0.25, 0.3) is 0 Å². The molecule has 2 aromatic heterocycles. The summed E-state index contributed by atoms with van der Waals surface area (Å²) in [6, 6.07) is 18.3. The van der Waals surface area contributed by atoms with E-state index in [0.29, 0.717) is 19.3 Å². The van der Waals surface area contributed by atoms with Gasteiger partial charge in [0.05, 0.1) is 23.2 Å². The van der Waals surface area contributed by atoms with E-state index in [2.05, 4.69) is 45.5 Å². The average molecular weight is 458 g/mol. The van der Waals surface area contributed by atoms with Crippen molar-refractivity contribution in [2.24, 2.45) is 0 Å². The van der Waals surface area contributed by atoms with Gasteiger partial charge in [0.2, 0.25) is 0 Å². The van der Waals surface area contributed by atoms with Gasteiger partial charge in [0, 0.05) is 49.4 Å². The maximum Gasteiger partial charge on any atom is 0.139 e. The van der Waals surface area contributed by atoms with E-state index in [4.69, 9.17) is 14.5 Å². The quantitative estimate of drug-likeness (QED) is 0.398. The number of rotatable bonds is 8. The third kappa shape index (κ3) is 4.45. The average Bonchev–Trinajstić information content (AvgIpc) is 3.59. The van der Waals surface area contributed by atoms with Crippen LogP contribution in [0.1, 0.15) is 25.7 Å². The van der Waals surface area contributed by atoms with Gasteiger partial charge in [-0.2, -0.15) is 0 Å². The van der Waals surface area contributed by atoms with Gasteiger partial charge in [-0.15, -0.1) is 0 Å². The van der Waals surface area contributed by atoms with Gasteiger partial charge in [0.15, 0.2) is 0 Å². The number of pyridine rings is 1. The number of aromatic nitrogens is 3. The Morgan fingerprint density at radius 2 is 1.76 bits per heavy atom. The second-order valence-corrected chi connectivity index (χ2v) is 9.36. The minimum Gasteiger partial charge on any atom is -0.491 e. The summed E-state index contributed by atoms with van der Waals surface area (Å²) in [6.07, 6.45) is 6.99. The number of methoxy groups -OCH3 is 1. The van der Waals surface area contributed by atoms with Crippen LogP contribution < -0.4 is 15.0 Å². The van der Waals surface area contributed by atoms with Crippen LogP contribution in [0.2, 0.25) is 0 Å². The summed E-state index contributed by atoms with van der Waals surface area (Å²) >= 11 is 0. The molecule has 0 unspecified atom stereocenters. The zero-order chi connectivity index (χ0) is 22.9. The van der Waals surface area contributed by atoms with Crippen LogP contribution in [0.15, 0.2) is 54.9 Å². The molecule has 1 saturated carbocycles. The number of hydrogen-bond donors (Lipinski definition) is 1. The largest absolute Gasteiger partial charge is 0.491 e. The van der Waals surface area contributed by atoms with Crippen LogP contribution in [0.4, 0.5) is 5.69 Å². The molecule has 0 spiro atoms. The highest BCUT2D eigenvalue weighted by Crippen LogP contribution is 2.28. The lowest BCUT2D eigenvalue weighted by molar-refractivity contribution is 0.146. The number of nitrogens with one attached hydrogen (secondary N) is 1. The number of ether oxygens (including phenoxy) is 2. The van der Waals surface area contributed by atoms with E-state index in [1.54, 1.807) is 7.11 Å². The number of nitrogens with zero attached hydrogens (tertiary/aromatic N) is 4. The second kappa shape index (κ2) is 9.24. The van der Waals surface area contributed by atoms with Crippen molar-refractivity contribution in [3.8, 4) is 11.6 Å². The van der Waals surface area contributed by atoms with Crippen LogP contribution in [0.25, 0.3) is 27.8 Å². The van der Waals surface area contributed by atoms with Crippen LogP contribution in [0, 0.1) is 0 Å². The summed E-state index contributed by atoms with van der Waals surface area (Å²) in [5.74, 6) is 1.66. The topological polar surface area (TPSA) is 64.4 Å². The molecule has 4 aromatic rings. The van der Waals surface area contributed by atoms with Crippen molar-refractivity contribution < 1.29 is 9.47 Å². The Bertz CT molecular complexity index is 1290. The lowest BCUT2D eigenvalue weighted by atomic mass is 10.0. The number of piperidine rings is 1. The number of hydrogen-bond acceptors (Lipinski definition) is 6. The molecule has 0 atom stereocenters. The lowest BCUT2D eigenvalue weighted by Gasteiger charge is -2.34. The normalized spacial score (nSPS) is 17.0. The number of fused-ring (bicyclic) bond motifs is 2. The predicted octanol–water partition coefficient (Wildman–Crippen LogP) is 4.32. The summed E-state index contributed by atoms with van der Waals surface area (Å²) in [5.41, 5.74) is 4.17. The van der Waals surface area contributed by atoms with Gasteiger partial charge in [0.1, 0.15) is 24.5 Å². The summed E-state index contributed by atoms with van der Waals surface area (Å²) in [7, 11) is 1.67. The van der Waals surface area contributed by atoms with Gasteiger partial charge in [-0.1, -0.05) is 0 Å². The molecule has 1 N–H and O–H groups in total. The van der Waals surface area contributed by atoms with Crippen molar-refractivity contribution in [3.63, 3.8) is 0 Å². The van der Waals surface area contributed by atoms with Crippen LogP contribution in [0.3, 0.4) is 0 Å². The Morgan fingerprint density at radius 1 is 0.912 bits per heavy atom. The maximum atomic E-state index is 5.72. The predicted molar refractivity (Wildman–Crippen MR) is 135 cm³/mol. The Balaban J connectivity index is 1.19. The molecular weight excluding hydrogens is 426 g/mol. The summed E-state index contributed by atoms with van der Waals surface area (Å²) in [4.78, 5) is 12.0. The molecule has 1 aliphatic heterocycles. The van der Waals surface area contributed by atoms with E-state index in [1.807, 2.05) is 29.1 Å². The van der Waals surface area contributed by atoms with Crippen molar-refractivity contribution in [2.45, 2.75) is 37.8 Å². The molecule has 6 rings (SSSR count). The van der Waals surface area contributed by atoms with Gasteiger partial charge in [-0.3, -0.25) is 4.57 Å². The number of anilines is 1. The molecule has 7 heteroatoms. The molecule has 176 valence electrons. The Morgan fingerprint density at radius 3 is 2.59 bits per heavy atom. The smallest absolute Gasteiger partial charge is 0.139 e. The highest BCUT2D eigenvalue weighted by Gasteiger charge is 2.27. The van der Waals surface area contributed by atoms with E-state index in [9.17, 15) is 0 Å². The molecule has 0 radical (unpaired) electrons. The summed E-state index contributed by atoms with van der Waals surface area (Å²) in [6.45, 7) is 3.30. The van der Waals surface area contributed by atoms with Crippen molar-refractivity contribution in [3.05, 3.63) is 54.9 Å². The van der Waals surface area contributed by atoms with Crippen molar-refractivity contribution >= 4 is 27.6 Å². The molecule has 0 bridgehead atoms. The first-order valence-electron chi connectivity index (χ1n) is 12.3. The third-order valence-corrected chi connectivity index (χ3v) is 6.89. The van der Waals surface area contributed by atoms with Crippen molar-refractivity contribution in [1.29, 1.82) is 0 Å². The molecular formula is C27H31N5O2. The van der Waals surface area contributed by atoms with E-state index in [1.165, 1.54) is 31.4 Å². The summed E-state index contributed by atoms with van der Waals surface area (Å²) in [5, 5.41) is 4.95. The zero-order valence-corrected chi connectivity index (χ0v) is 19.6. The molecule has 34 heavy (non-hydrogen) atoms. The summed E-state index contributed by atoms with van der Waals surface area (Å²) < 4.78 is 12.8. The molecule has 1 aliphatic carbocycles. The van der Waals surface area contributed by atoms with Gasteiger partial charge < -0.3 is 19.7 Å². The monoisotopic (exact) mass is 457 g/mol. The second-order valence-electron chi connectivity index (χ2n) is 9.36. The fraction of sp³-hybridized carbons (Fsp3) is 0.407. The van der Waals surface area contributed by atoms with Gasteiger partial charge >= 0.3 is 0 Å². The van der Waals surface area contributed by atoms with Gasteiger partial charge in [-0.05, 0) is 68.1 Å². The van der Waals surface area contributed by atoms with Crippen molar-refractivity contribution in [2.75, 3.05) is 38.3 Å². The molecule has 2 aromatic carbocycles. The van der Waals surface area contributed by atoms with Crippen LogP contribution >= 0.6 is 0 Å². The first-order valence-corrected chi connectivity index (χ1v) is 12.3. The first-order chi connectivity index (χ1) is 16.8. The molecule has 1 saturated heterocycles. The number of benzene rings is 2. The Labute approximate surface area is 199 Å². The number of imidazole rings is 1. The fourth-order valence-corrected chi connectivity index (χ4v) is 4.83. The van der Waals surface area contributed by atoms with E-state index in [-0.39, 0.29) is 0 Å². The minimum atomic E-state index is 0.520. The fourth-order valence-electron chi connectivity index (χ4n) is 4.83. The Hall–Kier alpha value is -3.16. The van der Waals surface area contributed by atoms with E-state index in [0.717, 1.165) is 52.6 Å². The zero-order valence-electron chi connectivity index (χ0n) is 19.6. The van der Waals surface area contributed by atoms with Gasteiger partial charge in [-0.25, -0.2) is 9.97 Å². The molecule has 7 nitrogen and oxygen atoms in total. The maximum absolute atomic E-state index is 5.72. The highest BCUT2D eigenvalue weighted by atomic mass is 16.5. The molecule has 2 aliphatic rings. The standard InChI is InChI=1S/C27H31N5O2/c1-33-14-15-34-23-6-8-26-25(17-23)28-18-32(26)27-9-2-19-16-22(5-7-24(19)30-27)31-12-10-21(11-13-31)29-20-3-4-20/h2,5-9,16-18,20-21,29H,3-4,10-15H2,1H3. The molecule has 3 heterocycles. The van der Waals surface area contributed by atoms with Crippen LogP contribution in [-0.4, -0.2) is 60.0 Å².